The normalized spacial score (nSPS) is 13.4. The molecule has 0 atom stereocenters. The number of nitrogens with zero attached hydrogens (tertiary/aromatic N) is 3. The Balaban J connectivity index is 1.24. The van der Waals surface area contributed by atoms with Crippen molar-refractivity contribution in [3.05, 3.63) is 71.7 Å². The van der Waals surface area contributed by atoms with Crippen molar-refractivity contribution in [1.82, 2.24) is 9.97 Å². The second-order valence-electron chi connectivity index (χ2n) is 7.29. The van der Waals surface area contributed by atoms with Gasteiger partial charge in [0.25, 0.3) is 10.0 Å². The van der Waals surface area contributed by atoms with Crippen LogP contribution in [0.2, 0.25) is 0 Å². The summed E-state index contributed by atoms with van der Waals surface area (Å²) in [5, 5.41) is 6.62. The van der Waals surface area contributed by atoms with Gasteiger partial charge in [-0.25, -0.2) is 18.4 Å². The van der Waals surface area contributed by atoms with Gasteiger partial charge < -0.3 is 10.2 Å². The summed E-state index contributed by atoms with van der Waals surface area (Å²) in [5.74, 6) is 0.854. The molecule has 1 aliphatic heterocycles. The van der Waals surface area contributed by atoms with E-state index >= 15 is 0 Å². The maximum Gasteiger partial charge on any atom is 0.263 e. The molecular weight excluding hydrogens is 430 g/mol. The second-order valence-corrected chi connectivity index (χ2v) is 9.86. The predicted octanol–water partition coefficient (Wildman–Crippen LogP) is 3.97. The summed E-state index contributed by atoms with van der Waals surface area (Å²) < 4.78 is 27.8. The lowest BCUT2D eigenvalue weighted by Gasteiger charge is -2.20. The molecule has 0 spiro atoms. The van der Waals surface area contributed by atoms with E-state index in [0.717, 1.165) is 54.0 Å². The van der Waals surface area contributed by atoms with E-state index in [1.54, 1.807) is 23.7 Å². The number of benzene rings is 2. The van der Waals surface area contributed by atoms with Gasteiger partial charge in [-0.15, -0.1) is 11.3 Å². The topological polar surface area (TPSA) is 87.2 Å². The first kappa shape index (κ1) is 19.8. The van der Waals surface area contributed by atoms with Crippen LogP contribution in [0.4, 0.5) is 16.6 Å². The summed E-state index contributed by atoms with van der Waals surface area (Å²) in [4.78, 5) is 11.2. The summed E-state index contributed by atoms with van der Waals surface area (Å²) in [5.41, 5.74) is 3.10. The first-order valence-electron chi connectivity index (χ1n) is 9.98. The Morgan fingerprint density at radius 1 is 1.10 bits per heavy atom. The molecule has 0 unspecified atom stereocenters. The van der Waals surface area contributed by atoms with Crippen molar-refractivity contribution in [3.8, 4) is 0 Å². The number of anilines is 3. The van der Waals surface area contributed by atoms with Gasteiger partial charge in [0, 0.05) is 42.3 Å². The fraction of sp³-hybridized carbons (Fsp3) is 0.182. The number of hydrogen-bond donors (Lipinski definition) is 2. The Morgan fingerprint density at radius 2 is 2.00 bits per heavy atom. The third-order valence-corrected chi connectivity index (χ3v) is 7.45. The molecule has 1 aliphatic rings. The van der Waals surface area contributed by atoms with Crippen LogP contribution in [0.25, 0.3) is 10.9 Å². The van der Waals surface area contributed by atoms with E-state index in [0.29, 0.717) is 5.13 Å². The molecule has 4 aromatic rings. The minimum absolute atomic E-state index is 0.266. The Morgan fingerprint density at radius 3 is 2.87 bits per heavy atom. The lowest BCUT2D eigenvalue weighted by atomic mass is 10.2. The fourth-order valence-electron chi connectivity index (χ4n) is 3.78. The fourth-order valence-corrected chi connectivity index (χ4v) is 5.62. The highest BCUT2D eigenvalue weighted by Crippen LogP contribution is 2.30. The maximum atomic E-state index is 12.6. The highest BCUT2D eigenvalue weighted by molar-refractivity contribution is 7.93. The van der Waals surface area contributed by atoms with Gasteiger partial charge in [-0.2, -0.15) is 0 Å². The van der Waals surface area contributed by atoms with Crippen LogP contribution in [-0.2, 0) is 16.4 Å². The van der Waals surface area contributed by atoms with Crippen molar-refractivity contribution in [3.63, 3.8) is 0 Å². The summed E-state index contributed by atoms with van der Waals surface area (Å²) in [6, 6.07) is 17.4. The Bertz CT molecular complexity index is 1320. The largest absolute Gasteiger partial charge is 0.369 e. The summed E-state index contributed by atoms with van der Waals surface area (Å²) >= 11 is 1.26. The number of thiazole rings is 1. The number of rotatable bonds is 7. The number of fused-ring (bicyclic) bond motifs is 2. The molecule has 31 heavy (non-hydrogen) atoms. The molecule has 2 aromatic heterocycles. The first-order valence-corrected chi connectivity index (χ1v) is 12.3. The van der Waals surface area contributed by atoms with Gasteiger partial charge in [0.05, 0.1) is 10.4 Å². The second kappa shape index (κ2) is 8.16. The Hall–Kier alpha value is -3.17. The lowest BCUT2D eigenvalue weighted by molar-refractivity contribution is 0.601. The quantitative estimate of drug-likeness (QED) is 0.442. The highest BCUT2D eigenvalue weighted by atomic mass is 32.2. The van der Waals surface area contributed by atoms with Gasteiger partial charge in [0.1, 0.15) is 5.82 Å². The van der Waals surface area contributed by atoms with Crippen LogP contribution in [-0.4, -0.2) is 38.0 Å². The number of nitrogens with one attached hydrogen (secondary N) is 2. The Kier molecular flexibility index (Phi) is 5.21. The van der Waals surface area contributed by atoms with Crippen LogP contribution in [0.3, 0.4) is 0 Å². The van der Waals surface area contributed by atoms with E-state index in [-0.39, 0.29) is 4.90 Å². The molecule has 7 nitrogen and oxygen atoms in total. The molecule has 5 rings (SSSR count). The van der Waals surface area contributed by atoms with Crippen molar-refractivity contribution < 1.29 is 8.42 Å². The molecule has 0 amide bonds. The molecule has 158 valence electrons. The molecule has 0 radical (unpaired) electrons. The zero-order valence-corrected chi connectivity index (χ0v) is 18.3. The van der Waals surface area contributed by atoms with Gasteiger partial charge in [-0.05, 0) is 48.4 Å². The first-order chi connectivity index (χ1) is 15.1. The van der Waals surface area contributed by atoms with Crippen LogP contribution in [0, 0.1) is 0 Å². The minimum atomic E-state index is -3.63. The van der Waals surface area contributed by atoms with Crippen LogP contribution in [0.15, 0.2) is 71.1 Å². The molecule has 9 heteroatoms. The van der Waals surface area contributed by atoms with E-state index in [2.05, 4.69) is 31.0 Å². The van der Waals surface area contributed by atoms with E-state index in [9.17, 15) is 8.42 Å². The molecule has 2 N–H and O–H groups in total. The standard InChI is InChI=1S/C22H21N5O2S2/c28-31(29,26-22-24-11-14-30-22)18-6-7-20-17(15-18)9-12-27(20)13-10-23-21-8-5-16-3-1-2-4-19(16)25-21/h1-8,11,14-15H,9-10,12-13H2,(H,23,25)(H,24,26). The lowest BCUT2D eigenvalue weighted by Crippen LogP contribution is -2.27. The van der Waals surface area contributed by atoms with Gasteiger partial charge in [-0.1, -0.05) is 18.2 Å². The van der Waals surface area contributed by atoms with Crippen molar-refractivity contribution in [2.75, 3.05) is 34.6 Å². The molecule has 0 bridgehead atoms. The summed E-state index contributed by atoms with van der Waals surface area (Å²) in [7, 11) is -3.63. The van der Waals surface area contributed by atoms with Crippen LogP contribution < -0.4 is 14.9 Å². The number of sulfonamides is 1. The van der Waals surface area contributed by atoms with Gasteiger partial charge in [0.15, 0.2) is 5.13 Å². The average Bonchev–Trinajstić information content (AvgIpc) is 3.43. The third-order valence-electron chi connectivity index (χ3n) is 5.29. The zero-order chi connectivity index (χ0) is 21.3. The van der Waals surface area contributed by atoms with Crippen molar-refractivity contribution in [2.45, 2.75) is 11.3 Å². The third kappa shape index (κ3) is 4.19. The molecule has 0 saturated carbocycles. The van der Waals surface area contributed by atoms with Crippen LogP contribution in [0.1, 0.15) is 5.56 Å². The average molecular weight is 452 g/mol. The minimum Gasteiger partial charge on any atom is -0.369 e. The number of aromatic nitrogens is 2. The Labute approximate surface area is 184 Å². The molecule has 3 heterocycles. The number of hydrogen-bond acceptors (Lipinski definition) is 7. The summed E-state index contributed by atoms with van der Waals surface area (Å²) in [6.07, 6.45) is 2.40. The van der Waals surface area contributed by atoms with Crippen LogP contribution >= 0.6 is 11.3 Å². The monoisotopic (exact) mass is 451 g/mol. The predicted molar refractivity (Wildman–Crippen MR) is 126 cm³/mol. The highest BCUT2D eigenvalue weighted by Gasteiger charge is 2.23. The van der Waals surface area contributed by atoms with Gasteiger partial charge >= 0.3 is 0 Å². The van der Waals surface area contributed by atoms with Crippen molar-refractivity contribution in [1.29, 1.82) is 0 Å². The van der Waals surface area contributed by atoms with E-state index in [4.69, 9.17) is 0 Å². The van der Waals surface area contributed by atoms with E-state index in [1.807, 2.05) is 36.4 Å². The van der Waals surface area contributed by atoms with E-state index < -0.39 is 10.0 Å². The van der Waals surface area contributed by atoms with Crippen LogP contribution in [0.5, 0.6) is 0 Å². The number of para-hydroxylation sites is 1. The zero-order valence-electron chi connectivity index (χ0n) is 16.7. The molecule has 0 aliphatic carbocycles. The molecule has 0 fully saturated rings. The van der Waals surface area contributed by atoms with Gasteiger partial charge in [-0.3, -0.25) is 4.72 Å². The summed E-state index contributed by atoms with van der Waals surface area (Å²) in [6.45, 7) is 2.42. The SMILES string of the molecule is O=S(=O)(Nc1nccs1)c1ccc2c(c1)CCN2CCNc1ccc2ccccc2n1. The van der Waals surface area contributed by atoms with Gasteiger partial charge in [0.2, 0.25) is 0 Å². The van der Waals surface area contributed by atoms with E-state index in [1.165, 1.54) is 11.3 Å². The smallest absolute Gasteiger partial charge is 0.263 e. The maximum absolute atomic E-state index is 12.6. The molecule has 0 saturated heterocycles. The molecular formula is C22H21N5O2S2. The number of pyridine rings is 1. The molecule has 2 aromatic carbocycles. The van der Waals surface area contributed by atoms with Crippen molar-refractivity contribution in [2.24, 2.45) is 0 Å². The van der Waals surface area contributed by atoms with Crippen molar-refractivity contribution >= 4 is 48.9 Å².